The van der Waals surface area contributed by atoms with E-state index in [2.05, 4.69) is 56.8 Å². The molecule has 4 heterocycles. The van der Waals surface area contributed by atoms with Crippen LogP contribution in [0.25, 0.3) is 0 Å². The zero-order valence-electron chi connectivity index (χ0n) is 20.8. The zero-order chi connectivity index (χ0) is 25.2. The molecule has 1 N–H and O–H groups in total. The Kier molecular flexibility index (Phi) is 6.61. The van der Waals surface area contributed by atoms with Gasteiger partial charge < -0.3 is 24.3 Å². The molecule has 1 aromatic carbocycles. The molecule has 0 saturated carbocycles. The van der Waals surface area contributed by atoms with Crippen molar-refractivity contribution in [2.24, 2.45) is 0 Å². The molecule has 1 fully saturated rings. The summed E-state index contributed by atoms with van der Waals surface area (Å²) in [5.41, 5.74) is 6.49. The topological polar surface area (TPSA) is 64.4 Å². The van der Waals surface area contributed by atoms with Gasteiger partial charge in [0.25, 0.3) is 0 Å². The van der Waals surface area contributed by atoms with Gasteiger partial charge in [0.2, 0.25) is 0 Å². The van der Waals surface area contributed by atoms with Crippen LogP contribution in [0.15, 0.2) is 73.2 Å². The van der Waals surface area contributed by atoms with E-state index < -0.39 is 0 Å². The van der Waals surface area contributed by atoms with Gasteiger partial charge in [0.15, 0.2) is 5.11 Å². The van der Waals surface area contributed by atoms with Crippen LogP contribution < -0.4 is 19.7 Å². The fraction of sp³-hybridized carbons (Fsp3) is 0.250. The molecule has 36 heavy (non-hydrogen) atoms. The van der Waals surface area contributed by atoms with Gasteiger partial charge in [-0.2, -0.15) is 0 Å². The molecule has 0 aliphatic carbocycles. The fourth-order valence-electron chi connectivity index (χ4n) is 4.96. The molecule has 0 radical (unpaired) electrons. The number of benzene rings is 1. The smallest absolute Gasteiger partial charge is 0.174 e. The predicted octanol–water partition coefficient (Wildman–Crippen LogP) is 5.14. The van der Waals surface area contributed by atoms with E-state index >= 15 is 0 Å². The van der Waals surface area contributed by atoms with E-state index in [1.165, 1.54) is 22.5 Å². The fourth-order valence-corrected chi connectivity index (χ4v) is 5.30. The number of nitrogens with zero attached hydrogens (tertiary/aromatic N) is 4. The normalized spacial score (nSPS) is 17.2. The first-order chi connectivity index (χ1) is 17.5. The van der Waals surface area contributed by atoms with Gasteiger partial charge in [0, 0.05) is 42.6 Å². The first-order valence-electron chi connectivity index (χ1n) is 11.8. The van der Waals surface area contributed by atoms with Crippen LogP contribution in [0, 0.1) is 13.8 Å². The molecule has 3 aromatic heterocycles. The number of hydrogen-bond acceptors (Lipinski definition) is 5. The van der Waals surface area contributed by atoms with E-state index in [1.54, 1.807) is 14.2 Å². The lowest BCUT2D eigenvalue weighted by atomic mass is 9.96. The SMILES string of the molecule is COc1ccc(OC)c(N2C(=S)N[C@@H](c3ccccn3)[C@H]2c2cc(C)n(Cc3ccncc3)c2C)c1. The molecule has 0 spiro atoms. The summed E-state index contributed by atoms with van der Waals surface area (Å²) in [6, 6.07) is 17.8. The number of aromatic nitrogens is 3. The van der Waals surface area contributed by atoms with Crippen molar-refractivity contribution in [3.8, 4) is 11.5 Å². The highest BCUT2D eigenvalue weighted by Crippen LogP contribution is 2.46. The second-order valence-electron chi connectivity index (χ2n) is 8.80. The summed E-state index contributed by atoms with van der Waals surface area (Å²) in [6.07, 6.45) is 5.48. The summed E-state index contributed by atoms with van der Waals surface area (Å²) in [4.78, 5) is 11.0. The second kappa shape index (κ2) is 9.99. The number of rotatable bonds is 7. The van der Waals surface area contributed by atoms with Crippen LogP contribution in [0.2, 0.25) is 0 Å². The highest BCUT2D eigenvalue weighted by Gasteiger charge is 2.43. The highest BCUT2D eigenvalue weighted by molar-refractivity contribution is 7.80. The standard InChI is InChI=1S/C28H29N5O2S/c1-18-15-22(19(2)32(18)17-20-10-13-29-14-11-20)27-26(23-7-5-6-12-30-23)31-28(36)33(27)24-16-21(34-3)8-9-25(24)35-4/h5-16,26-27H,17H2,1-4H3,(H,31,36)/t26-,27+/m0/s1. The quantitative estimate of drug-likeness (QED) is 0.353. The Morgan fingerprint density at radius 1 is 0.972 bits per heavy atom. The van der Waals surface area contributed by atoms with E-state index in [0.717, 1.165) is 29.4 Å². The lowest BCUT2D eigenvalue weighted by Crippen LogP contribution is -2.30. The summed E-state index contributed by atoms with van der Waals surface area (Å²) < 4.78 is 13.6. The van der Waals surface area contributed by atoms with Crippen LogP contribution in [0.3, 0.4) is 0 Å². The Bertz CT molecular complexity index is 1370. The molecule has 4 aromatic rings. The van der Waals surface area contributed by atoms with Gasteiger partial charge in [-0.15, -0.1) is 0 Å². The molecule has 1 saturated heterocycles. The van der Waals surface area contributed by atoms with Crippen LogP contribution >= 0.6 is 12.2 Å². The van der Waals surface area contributed by atoms with E-state index in [-0.39, 0.29) is 12.1 Å². The summed E-state index contributed by atoms with van der Waals surface area (Å²) in [5.74, 6) is 1.45. The van der Waals surface area contributed by atoms with Crippen molar-refractivity contribution in [2.75, 3.05) is 19.1 Å². The lowest BCUT2D eigenvalue weighted by Gasteiger charge is -2.29. The number of anilines is 1. The Morgan fingerprint density at radius 3 is 2.47 bits per heavy atom. The van der Waals surface area contributed by atoms with Crippen LogP contribution in [-0.2, 0) is 6.54 Å². The van der Waals surface area contributed by atoms with Crippen LogP contribution in [0.1, 0.15) is 40.3 Å². The van der Waals surface area contributed by atoms with Crippen molar-refractivity contribution in [3.63, 3.8) is 0 Å². The van der Waals surface area contributed by atoms with E-state index in [4.69, 9.17) is 21.7 Å². The molecule has 1 aliphatic heterocycles. The number of hydrogen-bond donors (Lipinski definition) is 1. The summed E-state index contributed by atoms with van der Waals surface area (Å²) in [7, 11) is 3.33. The van der Waals surface area contributed by atoms with Gasteiger partial charge in [-0.3, -0.25) is 9.97 Å². The summed E-state index contributed by atoms with van der Waals surface area (Å²) >= 11 is 5.93. The minimum Gasteiger partial charge on any atom is -0.497 e. The Labute approximate surface area is 216 Å². The monoisotopic (exact) mass is 499 g/mol. The summed E-state index contributed by atoms with van der Waals surface area (Å²) in [5, 5.41) is 4.15. The molecule has 8 heteroatoms. The van der Waals surface area contributed by atoms with Crippen LogP contribution in [-0.4, -0.2) is 33.9 Å². The molecule has 5 rings (SSSR count). The maximum Gasteiger partial charge on any atom is 0.174 e. The van der Waals surface area contributed by atoms with Crippen molar-refractivity contribution in [1.29, 1.82) is 0 Å². The highest BCUT2D eigenvalue weighted by atomic mass is 32.1. The average Bonchev–Trinajstić information content (AvgIpc) is 3.40. The maximum atomic E-state index is 5.93. The molecule has 1 aliphatic rings. The first kappa shape index (κ1) is 23.8. The van der Waals surface area contributed by atoms with Crippen molar-refractivity contribution in [2.45, 2.75) is 32.5 Å². The van der Waals surface area contributed by atoms with Crippen molar-refractivity contribution in [1.82, 2.24) is 19.9 Å². The molecule has 2 atom stereocenters. The molecule has 0 amide bonds. The van der Waals surface area contributed by atoms with E-state index in [1.807, 2.05) is 55.0 Å². The van der Waals surface area contributed by atoms with Gasteiger partial charge in [-0.05, 0) is 79.7 Å². The van der Waals surface area contributed by atoms with E-state index in [0.29, 0.717) is 5.11 Å². The number of nitrogens with one attached hydrogen (secondary N) is 1. The second-order valence-corrected chi connectivity index (χ2v) is 9.19. The van der Waals surface area contributed by atoms with Gasteiger partial charge in [0.05, 0.1) is 37.7 Å². The molecule has 0 bridgehead atoms. The Hall–Kier alpha value is -3.91. The third kappa shape index (κ3) is 4.28. The zero-order valence-corrected chi connectivity index (χ0v) is 21.6. The molecule has 7 nitrogen and oxygen atoms in total. The number of pyridine rings is 2. The first-order valence-corrected chi connectivity index (χ1v) is 12.2. The minimum atomic E-state index is -0.149. The summed E-state index contributed by atoms with van der Waals surface area (Å²) in [6.45, 7) is 5.08. The van der Waals surface area contributed by atoms with Gasteiger partial charge in [0.1, 0.15) is 11.5 Å². The van der Waals surface area contributed by atoms with Crippen LogP contribution in [0.5, 0.6) is 11.5 Å². The van der Waals surface area contributed by atoms with E-state index in [9.17, 15) is 0 Å². The van der Waals surface area contributed by atoms with Crippen LogP contribution in [0.4, 0.5) is 5.69 Å². The van der Waals surface area contributed by atoms with Crippen molar-refractivity contribution >= 4 is 23.0 Å². The number of aryl methyl sites for hydroxylation is 1. The third-order valence-electron chi connectivity index (χ3n) is 6.77. The molecular formula is C28H29N5O2S. The van der Waals surface area contributed by atoms with Crippen molar-refractivity contribution in [3.05, 3.63) is 101 Å². The average molecular weight is 500 g/mol. The Balaban J connectivity index is 1.66. The predicted molar refractivity (Wildman–Crippen MR) is 145 cm³/mol. The van der Waals surface area contributed by atoms with Gasteiger partial charge >= 0.3 is 0 Å². The third-order valence-corrected chi connectivity index (χ3v) is 7.08. The Morgan fingerprint density at radius 2 is 1.78 bits per heavy atom. The molecule has 0 unspecified atom stereocenters. The number of ether oxygens (including phenoxy) is 2. The molecular weight excluding hydrogens is 470 g/mol. The number of thiocarbonyl (C=S) groups is 1. The lowest BCUT2D eigenvalue weighted by molar-refractivity contribution is 0.403. The van der Waals surface area contributed by atoms with Gasteiger partial charge in [-0.1, -0.05) is 6.07 Å². The van der Waals surface area contributed by atoms with Gasteiger partial charge in [-0.25, -0.2) is 0 Å². The largest absolute Gasteiger partial charge is 0.497 e. The minimum absolute atomic E-state index is 0.147. The van der Waals surface area contributed by atoms with Crippen molar-refractivity contribution < 1.29 is 9.47 Å². The maximum absolute atomic E-state index is 5.93. The number of methoxy groups -OCH3 is 2. The molecule has 184 valence electrons.